The van der Waals surface area contributed by atoms with Crippen molar-refractivity contribution in [2.24, 2.45) is 0 Å². The van der Waals surface area contributed by atoms with Crippen LogP contribution in [0.4, 0.5) is 0 Å². The number of aromatic amines is 1. The van der Waals surface area contributed by atoms with Crippen LogP contribution in [0, 0.1) is 6.92 Å². The van der Waals surface area contributed by atoms with Crippen LogP contribution in [0.5, 0.6) is 11.5 Å². The van der Waals surface area contributed by atoms with E-state index in [2.05, 4.69) is 60.5 Å². The predicted octanol–water partition coefficient (Wildman–Crippen LogP) is -0.632. The van der Waals surface area contributed by atoms with Gasteiger partial charge in [0.05, 0.1) is 6.61 Å². The second-order valence-corrected chi connectivity index (χ2v) is 8.48. The summed E-state index contributed by atoms with van der Waals surface area (Å²) in [5.74, 6) is 1.79. The molecule has 0 aliphatic rings. The Morgan fingerprint density at radius 2 is 1.75 bits per heavy atom. The average Bonchev–Trinajstić information content (AvgIpc) is 3.27. The quantitative estimate of drug-likeness (QED) is 0.315. The molecule has 0 saturated heterocycles. The van der Waals surface area contributed by atoms with Gasteiger partial charge in [-0.25, -0.2) is 0 Å². The molecule has 8 heteroatoms. The molecular weight excluding hydrogens is 422 g/mol. The normalized spacial score (nSPS) is 10.9. The largest absolute Gasteiger partial charge is 1.00 e. The maximum atomic E-state index is 10.6. The van der Waals surface area contributed by atoms with Crippen LogP contribution in [0.3, 0.4) is 0 Å². The first-order valence-corrected chi connectivity index (χ1v) is 10.7. The Kier molecular flexibility index (Phi) is 12.5. The number of H-pyrrole nitrogens is 1. The first kappa shape index (κ1) is 29.1. The van der Waals surface area contributed by atoms with E-state index in [4.69, 9.17) is 4.74 Å². The smallest absolute Gasteiger partial charge is 0.507 e. The molecule has 0 saturated carbocycles. The number of phenols is 1. The molecule has 2 N–H and O–H groups in total. The molecule has 1 aromatic heterocycles. The number of benzene rings is 2. The van der Waals surface area contributed by atoms with Crippen molar-refractivity contribution < 1.29 is 69.0 Å². The zero-order valence-electron chi connectivity index (χ0n) is 20.4. The first-order valence-electron chi connectivity index (χ1n) is 10.7. The van der Waals surface area contributed by atoms with Gasteiger partial charge in [0, 0.05) is 17.0 Å². The maximum absolute atomic E-state index is 10.6. The first-order chi connectivity index (χ1) is 14.4. The monoisotopic (exact) mass is 454 g/mol. The number of aromatic nitrogens is 4. The van der Waals surface area contributed by atoms with Gasteiger partial charge in [0.25, 0.3) is 0 Å². The van der Waals surface area contributed by atoms with Gasteiger partial charge in [0.15, 0.2) is 5.82 Å². The Balaban J connectivity index is 0.00000256. The summed E-state index contributed by atoms with van der Waals surface area (Å²) >= 11 is 0. The summed E-state index contributed by atoms with van der Waals surface area (Å²) in [6.07, 6.45) is 4.96. The molecule has 3 aromatic rings. The minimum Gasteiger partial charge on any atom is -0.507 e. The van der Waals surface area contributed by atoms with E-state index in [1.165, 1.54) is 5.56 Å². The van der Waals surface area contributed by atoms with E-state index < -0.39 is 0 Å². The third kappa shape index (κ3) is 7.86. The van der Waals surface area contributed by atoms with Crippen molar-refractivity contribution in [1.29, 1.82) is 0 Å². The molecule has 0 radical (unpaired) electrons. The summed E-state index contributed by atoms with van der Waals surface area (Å²) in [7, 11) is 0. The van der Waals surface area contributed by atoms with Gasteiger partial charge in [-0.2, -0.15) is 5.21 Å². The standard InChI is InChI=1S/C24H32N4O2.2Na/c1-5-18-15-20(19-11-9-17(2)10-12-19)21(29)16-22(18)30-14-8-6-7-13-24(3,4)23-25-27-28-26-23;;/h9-12,15-16,29H,5-8,13-14H2,1-4H3,(H,25,26,27,28);;/q;2*+1. The van der Waals surface area contributed by atoms with E-state index in [-0.39, 0.29) is 70.3 Å². The second kappa shape index (κ2) is 13.7. The Hall–Kier alpha value is -0.890. The minimum atomic E-state index is -0.0825. The number of nitrogens with zero attached hydrogens (tertiary/aromatic N) is 3. The van der Waals surface area contributed by atoms with Crippen LogP contribution in [-0.4, -0.2) is 32.3 Å². The van der Waals surface area contributed by atoms with Crippen LogP contribution >= 0.6 is 0 Å². The van der Waals surface area contributed by atoms with E-state index in [1.54, 1.807) is 6.07 Å². The zero-order chi connectivity index (χ0) is 21.6. The Labute approximate surface area is 235 Å². The van der Waals surface area contributed by atoms with Gasteiger partial charge in [-0.3, -0.25) is 0 Å². The number of tetrazole rings is 1. The van der Waals surface area contributed by atoms with Gasteiger partial charge in [-0.15, -0.1) is 10.2 Å². The number of unbranched alkanes of at least 4 members (excludes halogenated alkanes) is 2. The number of aryl methyl sites for hydroxylation is 2. The number of hydrogen-bond acceptors (Lipinski definition) is 5. The average molecular weight is 455 g/mol. The van der Waals surface area contributed by atoms with Crippen molar-refractivity contribution in [2.45, 2.75) is 65.2 Å². The van der Waals surface area contributed by atoms with Crippen molar-refractivity contribution in [3.8, 4) is 22.6 Å². The molecule has 3 rings (SSSR count). The summed E-state index contributed by atoms with van der Waals surface area (Å²) in [5, 5.41) is 25.0. The molecular formula is C24H32N4Na2O2+2. The predicted molar refractivity (Wildman–Crippen MR) is 119 cm³/mol. The van der Waals surface area contributed by atoms with Gasteiger partial charge >= 0.3 is 59.1 Å². The van der Waals surface area contributed by atoms with E-state index in [1.807, 2.05) is 18.2 Å². The van der Waals surface area contributed by atoms with Crippen LogP contribution in [0.1, 0.15) is 63.4 Å². The van der Waals surface area contributed by atoms with Crippen LogP contribution in [0.2, 0.25) is 0 Å². The fourth-order valence-corrected chi connectivity index (χ4v) is 3.58. The number of ether oxygens (including phenoxy) is 1. The zero-order valence-corrected chi connectivity index (χ0v) is 24.4. The van der Waals surface area contributed by atoms with Crippen molar-refractivity contribution in [1.82, 2.24) is 20.6 Å². The number of phenolic OH excluding ortho intramolecular Hbond substituents is 1. The molecule has 0 aliphatic heterocycles. The van der Waals surface area contributed by atoms with Gasteiger partial charge in [0.1, 0.15) is 11.5 Å². The van der Waals surface area contributed by atoms with Crippen molar-refractivity contribution in [3.63, 3.8) is 0 Å². The summed E-state index contributed by atoms with van der Waals surface area (Å²) in [6.45, 7) is 9.09. The van der Waals surface area contributed by atoms with Gasteiger partial charge < -0.3 is 9.84 Å². The molecule has 160 valence electrons. The molecule has 0 fully saturated rings. The molecule has 0 amide bonds. The van der Waals surface area contributed by atoms with Crippen molar-refractivity contribution in [2.75, 3.05) is 6.61 Å². The maximum Gasteiger partial charge on any atom is 1.00 e. The molecule has 0 aliphatic carbocycles. The summed E-state index contributed by atoms with van der Waals surface area (Å²) in [4.78, 5) is 0. The molecule has 6 nitrogen and oxygen atoms in total. The number of aromatic hydroxyl groups is 1. The third-order valence-electron chi connectivity index (χ3n) is 5.58. The molecule has 0 atom stereocenters. The third-order valence-corrected chi connectivity index (χ3v) is 5.58. The Bertz CT molecular complexity index is 945. The summed E-state index contributed by atoms with van der Waals surface area (Å²) in [5.41, 5.74) is 4.10. The number of rotatable bonds is 10. The van der Waals surface area contributed by atoms with Crippen LogP contribution in [-0.2, 0) is 11.8 Å². The van der Waals surface area contributed by atoms with E-state index in [0.29, 0.717) is 6.61 Å². The molecule has 0 unspecified atom stereocenters. The van der Waals surface area contributed by atoms with Crippen LogP contribution in [0.15, 0.2) is 36.4 Å². The summed E-state index contributed by atoms with van der Waals surface area (Å²) in [6, 6.07) is 12.0. The Morgan fingerprint density at radius 3 is 2.38 bits per heavy atom. The molecule has 1 heterocycles. The molecule has 2 aromatic carbocycles. The van der Waals surface area contributed by atoms with Gasteiger partial charge in [-0.1, -0.05) is 68.7 Å². The van der Waals surface area contributed by atoms with E-state index in [9.17, 15) is 5.11 Å². The van der Waals surface area contributed by atoms with Gasteiger partial charge in [0.2, 0.25) is 0 Å². The van der Waals surface area contributed by atoms with Crippen molar-refractivity contribution >= 4 is 0 Å². The Morgan fingerprint density at radius 1 is 1.03 bits per heavy atom. The molecule has 32 heavy (non-hydrogen) atoms. The molecule has 0 spiro atoms. The van der Waals surface area contributed by atoms with Crippen molar-refractivity contribution in [3.05, 3.63) is 53.3 Å². The van der Waals surface area contributed by atoms with Gasteiger partial charge in [-0.05, 0) is 43.4 Å². The number of hydrogen-bond donors (Lipinski definition) is 2. The second-order valence-electron chi connectivity index (χ2n) is 8.48. The van der Waals surface area contributed by atoms with Crippen LogP contribution in [0.25, 0.3) is 11.1 Å². The van der Waals surface area contributed by atoms with E-state index >= 15 is 0 Å². The SMILES string of the molecule is CCc1cc(-c2ccc(C)cc2)c(O)cc1OCCCCCC(C)(C)c1nn[nH]n1.[Na+].[Na+]. The van der Waals surface area contributed by atoms with Crippen LogP contribution < -0.4 is 63.9 Å². The fraction of sp³-hybridized carbons (Fsp3) is 0.458. The molecule has 0 bridgehead atoms. The van der Waals surface area contributed by atoms with E-state index in [0.717, 1.165) is 60.4 Å². The summed E-state index contributed by atoms with van der Waals surface area (Å²) < 4.78 is 6.02. The number of nitrogens with one attached hydrogen (secondary N) is 1. The fourth-order valence-electron chi connectivity index (χ4n) is 3.58. The topological polar surface area (TPSA) is 83.9 Å². The minimum absolute atomic E-state index is 0.